The summed E-state index contributed by atoms with van der Waals surface area (Å²) in [5, 5.41) is 0.0197. The number of sulfonamides is 1. The minimum atomic E-state index is -5.59. The van der Waals surface area contributed by atoms with Crippen molar-refractivity contribution in [1.82, 2.24) is 9.71 Å². The van der Waals surface area contributed by atoms with Gasteiger partial charge in [-0.2, -0.15) is 21.6 Å². The predicted molar refractivity (Wildman–Crippen MR) is 139 cm³/mol. The Labute approximate surface area is 221 Å². The molecule has 2 rings (SSSR count). The van der Waals surface area contributed by atoms with Crippen LogP contribution in [0.2, 0.25) is 5.15 Å². The lowest BCUT2D eigenvalue weighted by molar-refractivity contribution is -0.134. The van der Waals surface area contributed by atoms with E-state index in [4.69, 9.17) is 16.3 Å². The number of aryl methyl sites for hydroxylation is 2. The summed E-state index contributed by atoms with van der Waals surface area (Å²) in [4.78, 5) is 16.2. The molecule has 1 atom stereocenters. The molecule has 14 heteroatoms. The molecule has 0 aliphatic carbocycles. The minimum Gasteiger partial charge on any atom is -0.466 e. The zero-order chi connectivity index (χ0) is 28.5. The number of carbonyl (C=O) groups is 1. The maximum absolute atomic E-state index is 13.0. The van der Waals surface area contributed by atoms with Crippen molar-refractivity contribution in [2.24, 2.45) is 0 Å². The topological polar surface area (TPSA) is 106 Å². The smallest absolute Gasteiger partial charge is 0.466 e. The first-order chi connectivity index (χ1) is 16.8. The van der Waals surface area contributed by atoms with Gasteiger partial charge in [-0.15, -0.1) is 0 Å². The lowest BCUT2D eigenvalue weighted by atomic mass is 9.95. The fraction of sp³-hybridized carbons (Fsp3) is 0.391. The molecule has 0 aliphatic heterocycles. The number of halogens is 4. The molecule has 1 N–H and O–H groups in total. The summed E-state index contributed by atoms with van der Waals surface area (Å²) in [5.74, 6) is -0.734. The Hall–Kier alpha value is -2.64. The monoisotopic (exact) mass is 581 g/mol. The van der Waals surface area contributed by atoms with E-state index in [0.717, 1.165) is 13.1 Å². The molecule has 2 aromatic rings. The Morgan fingerprint density at radius 3 is 2.14 bits per heavy atom. The zero-order valence-electron chi connectivity index (χ0n) is 21.2. The van der Waals surface area contributed by atoms with Crippen molar-refractivity contribution in [2.45, 2.75) is 44.9 Å². The summed E-state index contributed by atoms with van der Waals surface area (Å²) in [6.45, 7) is 8.39. The molecule has 0 bridgehead atoms. The van der Waals surface area contributed by atoms with E-state index in [1.54, 1.807) is 40.7 Å². The lowest BCUT2D eigenvalue weighted by Crippen LogP contribution is -2.38. The van der Waals surface area contributed by atoms with Gasteiger partial charge in [0.15, 0.2) is 0 Å². The van der Waals surface area contributed by atoms with Crippen LogP contribution in [0.1, 0.15) is 37.6 Å². The number of alkyl halides is 3. The fourth-order valence-electron chi connectivity index (χ4n) is 3.24. The zero-order valence-corrected chi connectivity index (χ0v) is 23.5. The van der Waals surface area contributed by atoms with Gasteiger partial charge in [0.25, 0.3) is 0 Å². The van der Waals surface area contributed by atoms with E-state index in [2.05, 4.69) is 9.71 Å². The van der Waals surface area contributed by atoms with E-state index in [0.29, 0.717) is 22.3 Å². The van der Waals surface area contributed by atoms with Crippen LogP contribution >= 0.6 is 11.6 Å². The Kier molecular flexibility index (Phi) is 9.09. The molecular formula is C23H27ClF3N3O5S2. The van der Waals surface area contributed by atoms with Crippen LogP contribution in [-0.4, -0.2) is 48.0 Å². The molecule has 0 unspecified atom stereocenters. The Balaban J connectivity index is 2.66. The third-order valence-corrected chi connectivity index (χ3v) is 8.34. The van der Waals surface area contributed by atoms with Crippen LogP contribution < -0.4 is 9.03 Å². The third-order valence-electron chi connectivity index (χ3n) is 5.12. The lowest BCUT2D eigenvalue weighted by Gasteiger charge is -2.23. The van der Waals surface area contributed by atoms with Crippen LogP contribution in [0, 0.1) is 13.8 Å². The van der Waals surface area contributed by atoms with Crippen molar-refractivity contribution < 1.29 is 35.3 Å². The fourth-order valence-corrected chi connectivity index (χ4v) is 4.81. The van der Waals surface area contributed by atoms with E-state index < -0.39 is 37.2 Å². The Morgan fingerprint density at radius 2 is 1.68 bits per heavy atom. The number of nitrogens with one attached hydrogen (secondary N) is 1. The van der Waals surface area contributed by atoms with Gasteiger partial charge in [0.2, 0.25) is 0 Å². The number of anilines is 1. The second-order valence-corrected chi connectivity index (χ2v) is 13.3. The highest BCUT2D eigenvalue weighted by Gasteiger charge is 2.49. The molecule has 0 fully saturated rings. The van der Waals surface area contributed by atoms with Crippen molar-refractivity contribution in [3.8, 4) is 11.1 Å². The normalized spacial score (nSPS) is 13.8. The number of hydrogen-bond acceptors (Lipinski definition) is 6. The quantitative estimate of drug-likeness (QED) is 0.284. The number of carbonyl (C=O) groups excluding carboxylic acids is 1. The minimum absolute atomic E-state index is 0.0197. The summed E-state index contributed by atoms with van der Waals surface area (Å²) >= 11 is 6.27. The molecule has 8 nitrogen and oxygen atoms in total. The van der Waals surface area contributed by atoms with Crippen molar-refractivity contribution in [3.63, 3.8) is 0 Å². The van der Waals surface area contributed by atoms with Crippen molar-refractivity contribution in [3.05, 3.63) is 52.3 Å². The van der Waals surface area contributed by atoms with E-state index >= 15 is 0 Å². The standard InChI is InChI=1S/C23H27ClF3N3O5S2/c1-13-8-16(30(6)37(33,34)23(25,26)27)9-14(2)21(13)15-10-17(28-19(24)11-15)18(12-20(31)35-7)29-36(32)22(3,4)5/h8-12,29H,1-7H3/b18-12+/t36-/m1/s1. The first-order valence-corrected chi connectivity index (χ1v) is 13.6. The first-order valence-electron chi connectivity index (χ1n) is 10.6. The Bertz CT molecular complexity index is 1350. The number of methoxy groups -OCH3 is 1. The van der Waals surface area contributed by atoms with Gasteiger partial charge in [-0.05, 0) is 81.1 Å². The first kappa shape index (κ1) is 30.6. The van der Waals surface area contributed by atoms with Crippen molar-refractivity contribution >= 4 is 50.0 Å². The largest absolute Gasteiger partial charge is 0.516 e. The number of aromatic nitrogens is 1. The molecule has 1 heterocycles. The van der Waals surface area contributed by atoms with Crippen LogP contribution in [0.25, 0.3) is 16.8 Å². The molecule has 0 amide bonds. The highest BCUT2D eigenvalue weighted by Crippen LogP contribution is 2.36. The summed E-state index contributed by atoms with van der Waals surface area (Å²) in [6, 6.07) is 5.67. The molecule has 0 saturated heterocycles. The SMILES string of the molecule is COC(=O)/C=C(/N[S@](=O)C(C)(C)C)c1cc(-c2c(C)cc(N(C)S(=O)(=O)C(F)(F)F)cc2C)cc(Cl)n1. The highest BCUT2D eigenvalue weighted by molar-refractivity contribution is 7.93. The summed E-state index contributed by atoms with van der Waals surface area (Å²) in [5.41, 5.74) is -3.45. The average Bonchev–Trinajstić information content (AvgIpc) is 2.75. The molecule has 1 aromatic carbocycles. The van der Waals surface area contributed by atoms with Crippen LogP contribution in [-0.2, 0) is 30.5 Å². The molecule has 0 aliphatic rings. The number of rotatable bonds is 7. The summed E-state index contributed by atoms with van der Waals surface area (Å²) < 4.78 is 82.5. The number of benzene rings is 1. The van der Waals surface area contributed by atoms with Gasteiger partial charge in [-0.25, -0.2) is 14.0 Å². The van der Waals surface area contributed by atoms with Gasteiger partial charge < -0.3 is 9.46 Å². The van der Waals surface area contributed by atoms with Gasteiger partial charge in [-0.3, -0.25) is 4.31 Å². The number of pyridine rings is 1. The molecule has 1 aromatic heterocycles. The van der Waals surface area contributed by atoms with Crippen LogP contribution in [0.15, 0.2) is 30.3 Å². The van der Waals surface area contributed by atoms with E-state index in [9.17, 15) is 30.6 Å². The predicted octanol–water partition coefficient (Wildman–Crippen LogP) is 4.87. The Morgan fingerprint density at radius 1 is 1.14 bits per heavy atom. The molecule has 0 saturated carbocycles. The van der Waals surface area contributed by atoms with Gasteiger partial charge >= 0.3 is 21.5 Å². The third kappa shape index (κ3) is 7.02. The average molecular weight is 582 g/mol. The highest BCUT2D eigenvalue weighted by atomic mass is 35.5. The van der Waals surface area contributed by atoms with Crippen molar-refractivity contribution in [1.29, 1.82) is 0 Å². The maximum atomic E-state index is 13.0. The molecule has 0 spiro atoms. The van der Waals surface area contributed by atoms with Crippen LogP contribution in [0.5, 0.6) is 0 Å². The molecule has 204 valence electrons. The van der Waals surface area contributed by atoms with Crippen LogP contribution in [0.3, 0.4) is 0 Å². The van der Waals surface area contributed by atoms with E-state index in [1.165, 1.54) is 25.3 Å². The van der Waals surface area contributed by atoms with Crippen molar-refractivity contribution in [2.75, 3.05) is 18.5 Å². The number of esters is 1. The molecule has 0 radical (unpaired) electrons. The van der Waals surface area contributed by atoms with Gasteiger partial charge in [0.1, 0.15) is 16.1 Å². The van der Waals surface area contributed by atoms with Gasteiger partial charge in [0.05, 0.1) is 28.9 Å². The molecule has 37 heavy (non-hydrogen) atoms. The number of nitrogens with zero attached hydrogens (tertiary/aromatic N) is 2. The second-order valence-electron chi connectivity index (χ2n) is 9.00. The second kappa shape index (κ2) is 11.0. The molecular weight excluding hydrogens is 555 g/mol. The number of hydrogen-bond donors (Lipinski definition) is 1. The summed E-state index contributed by atoms with van der Waals surface area (Å²) in [7, 11) is -5.23. The van der Waals surface area contributed by atoms with E-state index in [-0.39, 0.29) is 26.5 Å². The van der Waals surface area contributed by atoms with E-state index in [1.807, 2.05) is 0 Å². The number of ether oxygens (including phenoxy) is 1. The maximum Gasteiger partial charge on any atom is 0.516 e. The van der Waals surface area contributed by atoms with Crippen LogP contribution in [0.4, 0.5) is 18.9 Å². The van der Waals surface area contributed by atoms with Gasteiger partial charge in [0, 0.05) is 13.1 Å². The summed E-state index contributed by atoms with van der Waals surface area (Å²) in [6.07, 6.45) is 1.08. The van der Waals surface area contributed by atoms with Gasteiger partial charge in [-0.1, -0.05) is 11.6 Å².